The van der Waals surface area contributed by atoms with E-state index in [9.17, 15) is 9.90 Å². The number of nitrogens with one attached hydrogen (secondary N) is 1. The van der Waals surface area contributed by atoms with Gasteiger partial charge in [-0.15, -0.1) is 0 Å². The Labute approximate surface area is 127 Å². The van der Waals surface area contributed by atoms with Crippen molar-refractivity contribution in [3.05, 3.63) is 42.5 Å². The van der Waals surface area contributed by atoms with Gasteiger partial charge in [-0.3, -0.25) is 4.79 Å². The lowest BCUT2D eigenvalue weighted by molar-refractivity contribution is -0.129. The predicted octanol–water partition coefficient (Wildman–Crippen LogP) is 0.997. The van der Waals surface area contributed by atoms with E-state index < -0.39 is 6.10 Å². The Morgan fingerprint density at radius 1 is 1.48 bits per heavy atom. The SMILES string of the molecule is CSCCC(O)C(=O)NCc1ccccc1-n1cncn1. The fourth-order valence-corrected chi connectivity index (χ4v) is 2.34. The first-order valence-corrected chi connectivity index (χ1v) is 7.99. The van der Waals surface area contributed by atoms with E-state index in [-0.39, 0.29) is 5.91 Å². The standard InChI is InChI=1S/C14H18N4O2S/c1-21-7-6-13(19)14(20)16-8-11-4-2-3-5-12(11)18-10-15-9-17-18/h2-5,9-10,13,19H,6-8H2,1H3,(H,16,20). The van der Waals surface area contributed by atoms with E-state index in [4.69, 9.17) is 0 Å². The van der Waals surface area contributed by atoms with Gasteiger partial charge in [0.1, 0.15) is 18.8 Å². The van der Waals surface area contributed by atoms with Crippen LogP contribution in [0.4, 0.5) is 0 Å². The summed E-state index contributed by atoms with van der Waals surface area (Å²) in [6, 6.07) is 7.60. The van der Waals surface area contributed by atoms with E-state index in [1.807, 2.05) is 30.5 Å². The first-order valence-electron chi connectivity index (χ1n) is 6.60. The zero-order valence-corrected chi connectivity index (χ0v) is 12.6. The van der Waals surface area contributed by atoms with E-state index in [1.165, 1.54) is 6.33 Å². The molecule has 2 rings (SSSR count). The number of carbonyl (C=O) groups excluding carboxylic acids is 1. The largest absolute Gasteiger partial charge is 0.383 e. The summed E-state index contributed by atoms with van der Waals surface area (Å²) < 4.78 is 1.64. The van der Waals surface area contributed by atoms with Crippen molar-refractivity contribution < 1.29 is 9.90 Å². The Kier molecular flexibility index (Phi) is 5.77. The maximum atomic E-state index is 11.8. The summed E-state index contributed by atoms with van der Waals surface area (Å²) in [6.07, 6.45) is 4.50. The minimum absolute atomic E-state index is 0.338. The van der Waals surface area contributed by atoms with Gasteiger partial charge >= 0.3 is 0 Å². The van der Waals surface area contributed by atoms with Gasteiger partial charge in [0.05, 0.1) is 5.69 Å². The van der Waals surface area contributed by atoms with Crippen molar-refractivity contribution in [2.45, 2.75) is 19.1 Å². The Hall–Kier alpha value is -1.86. The molecule has 2 N–H and O–H groups in total. The minimum atomic E-state index is -0.962. The number of rotatable bonds is 7. The number of thioether (sulfide) groups is 1. The Balaban J connectivity index is 1.99. The molecule has 1 heterocycles. The van der Waals surface area contributed by atoms with Gasteiger partial charge in [-0.05, 0) is 30.1 Å². The van der Waals surface area contributed by atoms with Crippen molar-refractivity contribution in [1.82, 2.24) is 20.1 Å². The first-order chi connectivity index (χ1) is 10.2. The van der Waals surface area contributed by atoms with Gasteiger partial charge in [0, 0.05) is 6.54 Å². The second-order valence-corrected chi connectivity index (χ2v) is 5.47. The van der Waals surface area contributed by atoms with Gasteiger partial charge in [-0.25, -0.2) is 9.67 Å². The predicted molar refractivity (Wildman–Crippen MR) is 82.2 cm³/mol. The maximum absolute atomic E-state index is 11.8. The lowest BCUT2D eigenvalue weighted by Crippen LogP contribution is -2.34. The zero-order chi connectivity index (χ0) is 15.1. The highest BCUT2D eigenvalue weighted by Crippen LogP contribution is 2.12. The van der Waals surface area contributed by atoms with Crippen LogP contribution in [0.1, 0.15) is 12.0 Å². The molecule has 7 heteroatoms. The number of amides is 1. The van der Waals surface area contributed by atoms with E-state index >= 15 is 0 Å². The molecule has 21 heavy (non-hydrogen) atoms. The molecular formula is C14H18N4O2S. The fraction of sp³-hybridized carbons (Fsp3) is 0.357. The summed E-state index contributed by atoms with van der Waals surface area (Å²) in [6.45, 7) is 0.338. The third kappa shape index (κ3) is 4.30. The number of aliphatic hydroxyl groups is 1. The molecule has 0 spiro atoms. The smallest absolute Gasteiger partial charge is 0.249 e. The summed E-state index contributed by atoms with van der Waals surface area (Å²) in [5, 5.41) is 16.6. The van der Waals surface area contributed by atoms with Crippen LogP contribution in [0, 0.1) is 0 Å². The van der Waals surface area contributed by atoms with Crippen LogP contribution in [0.15, 0.2) is 36.9 Å². The summed E-state index contributed by atoms with van der Waals surface area (Å²) in [7, 11) is 0. The normalized spacial score (nSPS) is 12.1. The molecule has 0 aliphatic carbocycles. The highest BCUT2D eigenvalue weighted by Gasteiger charge is 2.14. The second kappa shape index (κ2) is 7.80. The topological polar surface area (TPSA) is 80.0 Å². The molecule has 1 amide bonds. The van der Waals surface area contributed by atoms with Crippen molar-refractivity contribution in [3.8, 4) is 5.69 Å². The minimum Gasteiger partial charge on any atom is -0.383 e. The van der Waals surface area contributed by atoms with Crippen molar-refractivity contribution in [1.29, 1.82) is 0 Å². The highest BCUT2D eigenvalue weighted by atomic mass is 32.2. The monoisotopic (exact) mass is 306 g/mol. The van der Waals surface area contributed by atoms with Crippen LogP contribution < -0.4 is 5.32 Å². The van der Waals surface area contributed by atoms with Crippen LogP contribution in [0.2, 0.25) is 0 Å². The highest BCUT2D eigenvalue weighted by molar-refractivity contribution is 7.98. The molecule has 0 radical (unpaired) electrons. The lowest BCUT2D eigenvalue weighted by atomic mass is 10.1. The Morgan fingerprint density at radius 3 is 3.00 bits per heavy atom. The summed E-state index contributed by atoms with van der Waals surface area (Å²) >= 11 is 1.60. The van der Waals surface area contributed by atoms with Gasteiger partial charge in [0.25, 0.3) is 0 Å². The molecule has 1 aromatic heterocycles. The van der Waals surface area contributed by atoms with Crippen molar-refractivity contribution >= 4 is 17.7 Å². The number of benzene rings is 1. The first kappa shape index (κ1) is 15.5. The molecule has 1 aromatic carbocycles. The van der Waals surface area contributed by atoms with E-state index in [0.717, 1.165) is 17.0 Å². The van der Waals surface area contributed by atoms with Crippen LogP contribution in [0.3, 0.4) is 0 Å². The third-order valence-electron chi connectivity index (χ3n) is 3.01. The van der Waals surface area contributed by atoms with Crippen LogP contribution in [0.25, 0.3) is 5.69 Å². The van der Waals surface area contributed by atoms with E-state index in [0.29, 0.717) is 13.0 Å². The molecule has 1 atom stereocenters. The average Bonchev–Trinajstić information content (AvgIpc) is 3.04. The number of para-hydroxylation sites is 1. The molecule has 0 saturated carbocycles. The summed E-state index contributed by atoms with van der Waals surface area (Å²) in [5.41, 5.74) is 1.77. The molecule has 0 bridgehead atoms. The number of hydrogen-bond acceptors (Lipinski definition) is 5. The Morgan fingerprint density at radius 2 is 2.29 bits per heavy atom. The number of carbonyl (C=O) groups is 1. The molecular weight excluding hydrogens is 288 g/mol. The molecule has 6 nitrogen and oxygen atoms in total. The number of hydrogen-bond donors (Lipinski definition) is 2. The van der Waals surface area contributed by atoms with Crippen LogP contribution in [-0.2, 0) is 11.3 Å². The third-order valence-corrected chi connectivity index (χ3v) is 3.65. The van der Waals surface area contributed by atoms with Gasteiger partial charge in [-0.1, -0.05) is 18.2 Å². The Bertz CT molecular complexity index is 574. The zero-order valence-electron chi connectivity index (χ0n) is 11.8. The molecule has 1 unspecified atom stereocenters. The van der Waals surface area contributed by atoms with Gasteiger partial charge in [0.2, 0.25) is 5.91 Å². The van der Waals surface area contributed by atoms with Crippen LogP contribution in [0.5, 0.6) is 0 Å². The molecule has 0 aliphatic heterocycles. The number of nitrogens with zero attached hydrogens (tertiary/aromatic N) is 3. The number of aliphatic hydroxyl groups excluding tert-OH is 1. The van der Waals surface area contributed by atoms with Crippen LogP contribution >= 0.6 is 11.8 Å². The van der Waals surface area contributed by atoms with Crippen LogP contribution in [-0.4, -0.2) is 43.9 Å². The average molecular weight is 306 g/mol. The second-order valence-electron chi connectivity index (χ2n) is 4.48. The van der Waals surface area contributed by atoms with Crippen molar-refractivity contribution in [3.63, 3.8) is 0 Å². The van der Waals surface area contributed by atoms with Crippen molar-refractivity contribution in [2.24, 2.45) is 0 Å². The molecule has 0 saturated heterocycles. The quantitative estimate of drug-likeness (QED) is 0.797. The summed E-state index contributed by atoms with van der Waals surface area (Å²) in [4.78, 5) is 15.7. The molecule has 112 valence electrons. The molecule has 0 aliphatic rings. The van der Waals surface area contributed by atoms with Gasteiger partial charge in [0.15, 0.2) is 0 Å². The fourth-order valence-electron chi connectivity index (χ4n) is 1.88. The molecule has 0 fully saturated rings. The van der Waals surface area contributed by atoms with E-state index in [2.05, 4.69) is 15.4 Å². The van der Waals surface area contributed by atoms with E-state index in [1.54, 1.807) is 22.8 Å². The van der Waals surface area contributed by atoms with Gasteiger partial charge in [-0.2, -0.15) is 16.9 Å². The maximum Gasteiger partial charge on any atom is 0.249 e. The number of aromatic nitrogens is 3. The molecule has 2 aromatic rings. The lowest BCUT2D eigenvalue weighted by Gasteiger charge is -2.13. The van der Waals surface area contributed by atoms with Crippen molar-refractivity contribution in [2.75, 3.05) is 12.0 Å². The summed E-state index contributed by atoms with van der Waals surface area (Å²) in [5.74, 6) is 0.405. The van der Waals surface area contributed by atoms with Gasteiger partial charge < -0.3 is 10.4 Å².